The molecule has 1 atom stereocenters. The molecule has 1 unspecified atom stereocenters. The van der Waals surface area contributed by atoms with Crippen LogP contribution in [0.3, 0.4) is 0 Å². The highest BCUT2D eigenvalue weighted by Crippen LogP contribution is 2.21. The van der Waals surface area contributed by atoms with E-state index in [4.69, 9.17) is 10.00 Å². The van der Waals surface area contributed by atoms with Crippen molar-refractivity contribution in [2.75, 3.05) is 13.2 Å². The SMILES string of the molecule is CCCCCC(NC#N)/C(C(=O)OCC)=C1\CCCN1. The lowest BCUT2D eigenvalue weighted by atomic mass is 9.98. The molecule has 0 aliphatic carbocycles. The Kier molecular flexibility index (Phi) is 7.56. The molecule has 1 rings (SSSR count). The van der Waals surface area contributed by atoms with Gasteiger partial charge in [-0.15, -0.1) is 0 Å². The standard InChI is InChI=1S/C15H25N3O2/c1-3-5-6-8-13(18-11-16)14(15(19)20-4-2)12-9-7-10-17-12/h13,17-18H,3-10H2,1-2H3/b14-12-. The highest BCUT2D eigenvalue weighted by atomic mass is 16.5. The highest BCUT2D eigenvalue weighted by Gasteiger charge is 2.27. The number of unbranched alkanes of at least 4 members (excludes halogenated alkanes) is 2. The Morgan fingerprint density at radius 2 is 2.30 bits per heavy atom. The van der Waals surface area contributed by atoms with Gasteiger partial charge in [0.1, 0.15) is 0 Å². The monoisotopic (exact) mass is 279 g/mol. The van der Waals surface area contributed by atoms with Crippen LogP contribution in [0.25, 0.3) is 0 Å². The fourth-order valence-corrected chi connectivity index (χ4v) is 2.47. The van der Waals surface area contributed by atoms with Crippen molar-refractivity contribution in [2.45, 2.75) is 58.4 Å². The van der Waals surface area contributed by atoms with Gasteiger partial charge >= 0.3 is 5.97 Å². The zero-order valence-electron chi connectivity index (χ0n) is 12.5. The van der Waals surface area contributed by atoms with Crippen LogP contribution in [0.15, 0.2) is 11.3 Å². The number of allylic oxidation sites excluding steroid dienone is 1. The minimum atomic E-state index is -0.304. The maximum absolute atomic E-state index is 12.2. The number of esters is 1. The smallest absolute Gasteiger partial charge is 0.337 e. The Morgan fingerprint density at radius 1 is 1.50 bits per heavy atom. The fourth-order valence-electron chi connectivity index (χ4n) is 2.47. The molecule has 0 spiro atoms. The van der Waals surface area contributed by atoms with Crippen molar-refractivity contribution >= 4 is 5.97 Å². The number of hydrogen-bond donors (Lipinski definition) is 2. The lowest BCUT2D eigenvalue weighted by molar-refractivity contribution is -0.139. The van der Waals surface area contributed by atoms with Crippen LogP contribution in [0.2, 0.25) is 0 Å². The summed E-state index contributed by atoms with van der Waals surface area (Å²) < 4.78 is 5.16. The van der Waals surface area contributed by atoms with Crippen LogP contribution in [0.5, 0.6) is 0 Å². The number of hydrogen-bond acceptors (Lipinski definition) is 5. The second-order valence-electron chi connectivity index (χ2n) is 4.95. The van der Waals surface area contributed by atoms with Crippen LogP contribution in [-0.2, 0) is 9.53 Å². The molecule has 0 aromatic heterocycles. The summed E-state index contributed by atoms with van der Waals surface area (Å²) in [6.45, 7) is 5.17. The lowest BCUT2D eigenvalue weighted by Crippen LogP contribution is -2.34. The molecular weight excluding hydrogens is 254 g/mol. The number of nitrogens with one attached hydrogen (secondary N) is 2. The van der Waals surface area contributed by atoms with Gasteiger partial charge in [0.15, 0.2) is 6.19 Å². The molecule has 1 aliphatic heterocycles. The predicted molar refractivity (Wildman–Crippen MR) is 77.6 cm³/mol. The van der Waals surface area contributed by atoms with Crippen molar-refractivity contribution in [1.29, 1.82) is 5.26 Å². The van der Waals surface area contributed by atoms with E-state index >= 15 is 0 Å². The Morgan fingerprint density at radius 3 is 2.85 bits per heavy atom. The molecule has 1 aliphatic rings. The molecule has 5 nitrogen and oxygen atoms in total. The molecule has 112 valence electrons. The summed E-state index contributed by atoms with van der Waals surface area (Å²) in [5.41, 5.74) is 1.55. The molecular formula is C15H25N3O2. The molecule has 1 fully saturated rings. The van der Waals surface area contributed by atoms with Crippen LogP contribution >= 0.6 is 0 Å². The lowest BCUT2D eigenvalue weighted by Gasteiger charge is -2.20. The molecule has 0 aromatic carbocycles. The van der Waals surface area contributed by atoms with E-state index in [1.54, 1.807) is 6.92 Å². The average Bonchev–Trinajstić information content (AvgIpc) is 2.93. The Bertz CT molecular complexity index is 377. The van der Waals surface area contributed by atoms with Crippen LogP contribution < -0.4 is 10.6 Å². The molecule has 1 heterocycles. The van der Waals surface area contributed by atoms with Gasteiger partial charge in [-0.3, -0.25) is 0 Å². The zero-order chi connectivity index (χ0) is 14.8. The first-order chi connectivity index (χ1) is 9.74. The third-order valence-electron chi connectivity index (χ3n) is 3.45. The summed E-state index contributed by atoms with van der Waals surface area (Å²) in [4.78, 5) is 12.2. The number of carbonyl (C=O) groups is 1. The summed E-state index contributed by atoms with van der Waals surface area (Å²) in [5.74, 6) is -0.304. The minimum Gasteiger partial charge on any atom is -0.463 e. The molecule has 2 N–H and O–H groups in total. The molecule has 20 heavy (non-hydrogen) atoms. The van der Waals surface area contributed by atoms with Gasteiger partial charge in [0.05, 0.1) is 18.2 Å². The van der Waals surface area contributed by atoms with Crippen LogP contribution in [0.4, 0.5) is 0 Å². The number of carbonyl (C=O) groups excluding carboxylic acids is 1. The van der Waals surface area contributed by atoms with E-state index in [1.807, 2.05) is 6.19 Å². The first kappa shape index (κ1) is 16.4. The first-order valence-corrected chi connectivity index (χ1v) is 7.53. The van der Waals surface area contributed by atoms with E-state index in [1.165, 1.54) is 0 Å². The molecule has 1 saturated heterocycles. The van der Waals surface area contributed by atoms with Gasteiger partial charge in [-0.1, -0.05) is 26.2 Å². The topological polar surface area (TPSA) is 74.2 Å². The first-order valence-electron chi connectivity index (χ1n) is 7.53. The Hall–Kier alpha value is -1.70. The minimum absolute atomic E-state index is 0.244. The van der Waals surface area contributed by atoms with Crippen LogP contribution in [-0.4, -0.2) is 25.2 Å². The van der Waals surface area contributed by atoms with Crippen molar-refractivity contribution in [2.24, 2.45) is 0 Å². The summed E-state index contributed by atoms with van der Waals surface area (Å²) in [6.07, 6.45) is 7.83. The third kappa shape index (κ3) is 4.76. The zero-order valence-corrected chi connectivity index (χ0v) is 12.5. The van der Waals surface area contributed by atoms with Gasteiger partial charge in [-0.25, -0.2) is 4.79 Å². The largest absolute Gasteiger partial charge is 0.463 e. The van der Waals surface area contributed by atoms with Crippen molar-refractivity contribution in [3.8, 4) is 6.19 Å². The Balaban J connectivity index is 2.89. The molecule has 0 amide bonds. The summed E-state index contributed by atoms with van der Waals surface area (Å²) in [6, 6.07) is -0.244. The molecule has 0 bridgehead atoms. The van der Waals surface area contributed by atoms with Crippen molar-refractivity contribution < 1.29 is 9.53 Å². The second kappa shape index (κ2) is 9.24. The van der Waals surface area contributed by atoms with E-state index in [2.05, 4.69) is 17.6 Å². The molecule has 0 radical (unpaired) electrons. The summed E-state index contributed by atoms with van der Waals surface area (Å²) in [7, 11) is 0. The maximum atomic E-state index is 12.2. The summed E-state index contributed by atoms with van der Waals surface area (Å²) >= 11 is 0. The second-order valence-corrected chi connectivity index (χ2v) is 4.95. The summed E-state index contributed by atoms with van der Waals surface area (Å²) in [5, 5.41) is 15.0. The highest BCUT2D eigenvalue weighted by molar-refractivity contribution is 5.90. The van der Waals surface area contributed by atoms with E-state index < -0.39 is 0 Å². The van der Waals surface area contributed by atoms with E-state index in [0.29, 0.717) is 12.2 Å². The van der Waals surface area contributed by atoms with Crippen LogP contribution in [0.1, 0.15) is 52.4 Å². The number of ether oxygens (including phenoxy) is 1. The molecule has 5 heteroatoms. The maximum Gasteiger partial charge on any atom is 0.337 e. The number of nitrogens with zero attached hydrogens (tertiary/aromatic N) is 1. The normalized spacial score (nSPS) is 17.9. The Labute approximate surface area is 121 Å². The van der Waals surface area contributed by atoms with Crippen molar-refractivity contribution in [3.63, 3.8) is 0 Å². The van der Waals surface area contributed by atoms with Gasteiger partial charge in [0.25, 0.3) is 0 Å². The average molecular weight is 279 g/mol. The van der Waals surface area contributed by atoms with Gasteiger partial charge in [0, 0.05) is 12.2 Å². The van der Waals surface area contributed by atoms with E-state index in [-0.39, 0.29) is 12.0 Å². The predicted octanol–water partition coefficient (Wildman–Crippen LogP) is 2.21. The quantitative estimate of drug-likeness (QED) is 0.234. The third-order valence-corrected chi connectivity index (χ3v) is 3.45. The van der Waals surface area contributed by atoms with Gasteiger partial charge in [0.2, 0.25) is 0 Å². The van der Waals surface area contributed by atoms with Crippen molar-refractivity contribution in [1.82, 2.24) is 10.6 Å². The molecule has 0 aromatic rings. The fraction of sp³-hybridized carbons (Fsp3) is 0.733. The van der Waals surface area contributed by atoms with E-state index in [9.17, 15) is 4.79 Å². The van der Waals surface area contributed by atoms with Crippen molar-refractivity contribution in [3.05, 3.63) is 11.3 Å². The van der Waals surface area contributed by atoms with Gasteiger partial charge < -0.3 is 15.4 Å². The number of nitriles is 1. The number of rotatable bonds is 8. The molecule has 0 saturated carbocycles. The van der Waals surface area contributed by atoms with Crippen LogP contribution in [0, 0.1) is 11.5 Å². The van der Waals surface area contributed by atoms with Gasteiger partial charge in [-0.2, -0.15) is 5.26 Å². The van der Waals surface area contributed by atoms with E-state index in [0.717, 1.165) is 50.8 Å². The van der Waals surface area contributed by atoms with Gasteiger partial charge in [-0.05, 0) is 26.2 Å².